The molecule has 0 atom stereocenters. The second kappa shape index (κ2) is 5.42. The maximum Gasteiger partial charge on any atom is 0.222 e. The van der Waals surface area contributed by atoms with E-state index in [1.165, 1.54) is 5.56 Å². The summed E-state index contributed by atoms with van der Waals surface area (Å²) in [6, 6.07) is 6.16. The minimum absolute atomic E-state index is 0.0273. The number of benzene rings is 1. The summed E-state index contributed by atoms with van der Waals surface area (Å²) in [6.45, 7) is 2.12. The molecule has 1 saturated heterocycles. The fourth-order valence-electron chi connectivity index (χ4n) is 3.59. The Kier molecular flexibility index (Phi) is 3.50. The number of ether oxygens (including phenoxy) is 1. The zero-order valence-corrected chi connectivity index (χ0v) is 14.0. The van der Waals surface area contributed by atoms with Gasteiger partial charge in [-0.3, -0.25) is 0 Å². The highest BCUT2D eigenvalue weighted by Gasteiger charge is 2.45. The summed E-state index contributed by atoms with van der Waals surface area (Å²) < 4.78 is 20.8. The Balaban J connectivity index is 1.86. The third-order valence-electron chi connectivity index (χ3n) is 4.73. The minimum Gasteiger partial charge on any atom is -0.381 e. The summed E-state index contributed by atoms with van der Waals surface area (Å²) in [5.74, 6) is -0.152. The molecule has 5 nitrogen and oxygen atoms in total. The highest BCUT2D eigenvalue weighted by Crippen LogP contribution is 2.50. The van der Waals surface area contributed by atoms with Crippen LogP contribution in [0.5, 0.6) is 0 Å². The largest absolute Gasteiger partial charge is 0.381 e. The lowest BCUT2D eigenvalue weighted by Gasteiger charge is -2.34. The van der Waals surface area contributed by atoms with Crippen LogP contribution >= 0.6 is 15.9 Å². The first-order chi connectivity index (χ1) is 11.1. The molecule has 2 aromatic rings. The lowest BCUT2D eigenvalue weighted by molar-refractivity contribution is 0.0557. The summed E-state index contributed by atoms with van der Waals surface area (Å²) in [5.41, 5.74) is 7.84. The number of nitrogen functional groups attached to an aromatic ring is 1. The van der Waals surface area contributed by atoms with E-state index >= 15 is 0 Å². The zero-order chi connectivity index (χ0) is 16.0. The molecule has 1 aromatic carbocycles. The van der Waals surface area contributed by atoms with E-state index in [0.29, 0.717) is 6.54 Å². The van der Waals surface area contributed by atoms with Gasteiger partial charge in [0.1, 0.15) is 0 Å². The van der Waals surface area contributed by atoms with Crippen LogP contribution in [0.25, 0.3) is 0 Å². The molecule has 0 saturated carbocycles. The zero-order valence-electron chi connectivity index (χ0n) is 12.4. The highest BCUT2D eigenvalue weighted by molar-refractivity contribution is 9.10. The fraction of sp³-hybridized carbons (Fsp3) is 0.375. The standard InChI is InChI=1S/C16H16BrFN4O/c17-10-1-2-11-13(7-10)22(9-16(11)3-5-23-6-4-16)14-12(18)8-20-15(19)21-14/h1-2,7-8H,3-6,9H2,(H2,19,20,21). The van der Waals surface area contributed by atoms with E-state index in [2.05, 4.69) is 32.0 Å². The normalized spacial score (nSPS) is 19.1. The molecule has 2 N–H and O–H groups in total. The van der Waals surface area contributed by atoms with Crippen LogP contribution in [0.2, 0.25) is 0 Å². The van der Waals surface area contributed by atoms with Crippen molar-refractivity contribution >= 4 is 33.4 Å². The maximum absolute atomic E-state index is 14.3. The Morgan fingerprint density at radius 3 is 2.87 bits per heavy atom. The molecule has 0 aliphatic carbocycles. The molecule has 1 spiro atoms. The van der Waals surface area contributed by atoms with Crippen molar-refractivity contribution in [3.8, 4) is 0 Å². The van der Waals surface area contributed by atoms with Gasteiger partial charge in [0.2, 0.25) is 5.95 Å². The predicted molar refractivity (Wildman–Crippen MR) is 89.3 cm³/mol. The topological polar surface area (TPSA) is 64.3 Å². The van der Waals surface area contributed by atoms with Crippen LogP contribution in [-0.2, 0) is 10.2 Å². The molecule has 7 heteroatoms. The third kappa shape index (κ3) is 2.38. The number of halogens is 2. The summed E-state index contributed by atoms with van der Waals surface area (Å²) in [7, 11) is 0. The van der Waals surface area contributed by atoms with Crippen molar-refractivity contribution < 1.29 is 9.13 Å². The first-order valence-electron chi connectivity index (χ1n) is 7.52. The highest BCUT2D eigenvalue weighted by atomic mass is 79.9. The molecule has 3 heterocycles. The molecular weight excluding hydrogens is 363 g/mol. The summed E-state index contributed by atoms with van der Waals surface area (Å²) in [4.78, 5) is 9.77. The smallest absolute Gasteiger partial charge is 0.222 e. The van der Waals surface area contributed by atoms with E-state index in [-0.39, 0.29) is 17.2 Å². The maximum atomic E-state index is 14.3. The Bertz CT molecular complexity index is 764. The lowest BCUT2D eigenvalue weighted by Crippen LogP contribution is -2.37. The number of anilines is 3. The van der Waals surface area contributed by atoms with Crippen LogP contribution in [0.3, 0.4) is 0 Å². The third-order valence-corrected chi connectivity index (χ3v) is 5.23. The Hall–Kier alpha value is -1.73. The summed E-state index contributed by atoms with van der Waals surface area (Å²) in [5, 5.41) is 0. The molecule has 4 rings (SSSR count). The molecule has 0 bridgehead atoms. The molecule has 2 aliphatic rings. The monoisotopic (exact) mass is 378 g/mol. The van der Waals surface area contributed by atoms with Gasteiger partial charge in [-0.15, -0.1) is 0 Å². The van der Waals surface area contributed by atoms with Gasteiger partial charge in [0.25, 0.3) is 0 Å². The van der Waals surface area contributed by atoms with Crippen molar-refractivity contribution in [3.63, 3.8) is 0 Å². The number of hydrogen-bond donors (Lipinski definition) is 1. The van der Waals surface area contributed by atoms with Crippen LogP contribution < -0.4 is 10.6 Å². The molecule has 0 amide bonds. The molecule has 1 fully saturated rings. The van der Waals surface area contributed by atoms with Gasteiger partial charge in [0.05, 0.1) is 6.20 Å². The number of nitrogens with zero attached hydrogens (tertiary/aromatic N) is 3. The molecule has 0 unspecified atom stereocenters. The van der Waals surface area contributed by atoms with E-state index in [0.717, 1.165) is 42.4 Å². The number of fused-ring (bicyclic) bond motifs is 2. The average Bonchev–Trinajstić information content (AvgIpc) is 2.84. The van der Waals surface area contributed by atoms with Crippen LogP contribution in [0.1, 0.15) is 18.4 Å². The van der Waals surface area contributed by atoms with Crippen LogP contribution in [0, 0.1) is 5.82 Å². The van der Waals surface area contributed by atoms with Gasteiger partial charge in [-0.25, -0.2) is 9.37 Å². The number of hydrogen-bond acceptors (Lipinski definition) is 5. The van der Waals surface area contributed by atoms with Crippen molar-refractivity contribution in [2.24, 2.45) is 0 Å². The van der Waals surface area contributed by atoms with Gasteiger partial charge in [0, 0.05) is 35.3 Å². The number of rotatable bonds is 1. The van der Waals surface area contributed by atoms with Crippen LogP contribution in [-0.4, -0.2) is 29.7 Å². The van der Waals surface area contributed by atoms with Gasteiger partial charge < -0.3 is 15.4 Å². The van der Waals surface area contributed by atoms with E-state index in [9.17, 15) is 4.39 Å². The van der Waals surface area contributed by atoms with Crippen molar-refractivity contribution in [3.05, 3.63) is 40.2 Å². The number of aromatic nitrogens is 2. The molecule has 2 aliphatic heterocycles. The van der Waals surface area contributed by atoms with Crippen molar-refractivity contribution in [2.45, 2.75) is 18.3 Å². The SMILES string of the molecule is Nc1ncc(F)c(N2CC3(CCOCC3)c3ccc(Br)cc32)n1. The minimum atomic E-state index is -0.464. The second-order valence-corrected chi connectivity index (χ2v) is 6.96. The van der Waals surface area contributed by atoms with Crippen LogP contribution in [0.4, 0.5) is 21.8 Å². The average molecular weight is 379 g/mol. The Morgan fingerprint density at radius 2 is 2.09 bits per heavy atom. The molecular formula is C16H16BrFN4O. The number of nitrogens with two attached hydrogens (primary N) is 1. The van der Waals surface area contributed by atoms with Gasteiger partial charge in [-0.2, -0.15) is 4.98 Å². The first-order valence-corrected chi connectivity index (χ1v) is 8.32. The fourth-order valence-corrected chi connectivity index (χ4v) is 3.94. The van der Waals surface area contributed by atoms with Gasteiger partial charge in [0.15, 0.2) is 11.6 Å². The van der Waals surface area contributed by atoms with Crippen molar-refractivity contribution in [2.75, 3.05) is 30.4 Å². The summed E-state index contributed by atoms with van der Waals surface area (Å²) >= 11 is 3.51. The Morgan fingerprint density at radius 1 is 1.30 bits per heavy atom. The summed E-state index contributed by atoms with van der Waals surface area (Å²) in [6.07, 6.45) is 2.96. The first kappa shape index (κ1) is 14.8. The molecule has 0 radical (unpaired) electrons. The van der Waals surface area contributed by atoms with Crippen molar-refractivity contribution in [1.29, 1.82) is 0 Å². The second-order valence-electron chi connectivity index (χ2n) is 6.04. The predicted octanol–water partition coefficient (Wildman–Crippen LogP) is 3.16. The van der Waals surface area contributed by atoms with E-state index < -0.39 is 5.82 Å². The Labute approximate surface area is 141 Å². The molecule has 120 valence electrons. The van der Waals surface area contributed by atoms with E-state index in [1.807, 2.05) is 17.0 Å². The molecule has 1 aromatic heterocycles. The molecule has 23 heavy (non-hydrogen) atoms. The van der Waals surface area contributed by atoms with E-state index in [1.54, 1.807) is 0 Å². The van der Waals surface area contributed by atoms with Crippen molar-refractivity contribution in [1.82, 2.24) is 9.97 Å². The lowest BCUT2D eigenvalue weighted by atomic mass is 9.76. The van der Waals surface area contributed by atoms with Gasteiger partial charge in [-0.1, -0.05) is 22.0 Å². The van der Waals surface area contributed by atoms with Crippen LogP contribution in [0.15, 0.2) is 28.9 Å². The van der Waals surface area contributed by atoms with Gasteiger partial charge >= 0.3 is 0 Å². The van der Waals surface area contributed by atoms with Gasteiger partial charge in [-0.05, 0) is 30.5 Å². The van der Waals surface area contributed by atoms with E-state index in [4.69, 9.17) is 10.5 Å². The quantitative estimate of drug-likeness (QED) is 0.825.